The molecule has 1 atom stereocenters. The van der Waals surface area contributed by atoms with E-state index in [1.807, 2.05) is 30.3 Å². The van der Waals surface area contributed by atoms with Gasteiger partial charge in [-0.3, -0.25) is 4.98 Å². The Morgan fingerprint density at radius 1 is 1.09 bits per heavy atom. The molecule has 4 nitrogen and oxygen atoms in total. The Balaban J connectivity index is 1.50. The maximum absolute atomic E-state index is 14.4. The molecule has 0 fully saturated rings. The lowest BCUT2D eigenvalue weighted by Crippen LogP contribution is -2.27. The Hall–Kier alpha value is -3.25. The van der Waals surface area contributed by atoms with Crippen LogP contribution in [0.4, 0.5) is 4.39 Å². The molecule has 0 N–H and O–H groups in total. The third-order valence-electron chi connectivity index (χ3n) is 5.89. The normalized spacial score (nSPS) is 17.0. The Morgan fingerprint density at radius 3 is 2.72 bits per heavy atom. The molecule has 32 heavy (non-hydrogen) atoms. The number of thiazole rings is 1. The molecular weight excluding hydrogens is 421 g/mol. The standard InChI is InChI=1S/C26H22FN3OS/c1-26(2)11-19(15-31)21-5-6-22(30-23(21)12-26)25-29-14-24(32-25)18-8-17(9-20(27)10-18)16-4-3-7-28-13-16/h3-10,13-15,19H,11-12H2,1-2H3. The predicted molar refractivity (Wildman–Crippen MR) is 125 cm³/mol. The first kappa shape index (κ1) is 20.6. The number of pyridine rings is 2. The first-order valence-electron chi connectivity index (χ1n) is 10.5. The van der Waals surface area contributed by atoms with Gasteiger partial charge in [-0.25, -0.2) is 14.4 Å². The molecule has 160 valence electrons. The number of aldehydes is 1. The van der Waals surface area contributed by atoms with E-state index in [1.54, 1.807) is 18.6 Å². The molecule has 1 aliphatic carbocycles. The number of hydrogen-bond acceptors (Lipinski definition) is 5. The first-order chi connectivity index (χ1) is 15.4. The second-order valence-electron chi connectivity index (χ2n) is 9.02. The number of hydrogen-bond donors (Lipinski definition) is 0. The average Bonchev–Trinajstić information content (AvgIpc) is 3.28. The van der Waals surface area contributed by atoms with Gasteiger partial charge in [-0.15, -0.1) is 11.3 Å². The summed E-state index contributed by atoms with van der Waals surface area (Å²) in [5, 5.41) is 0.779. The van der Waals surface area contributed by atoms with Gasteiger partial charge in [0, 0.05) is 35.8 Å². The van der Waals surface area contributed by atoms with Crippen molar-refractivity contribution in [2.24, 2.45) is 5.41 Å². The highest BCUT2D eigenvalue weighted by Crippen LogP contribution is 2.41. The number of benzene rings is 1. The number of carbonyl (C=O) groups is 1. The molecule has 3 heterocycles. The predicted octanol–water partition coefficient (Wildman–Crippen LogP) is 6.33. The van der Waals surface area contributed by atoms with Crippen molar-refractivity contribution in [1.29, 1.82) is 0 Å². The van der Waals surface area contributed by atoms with E-state index in [2.05, 4.69) is 23.8 Å². The SMILES string of the molecule is CC1(C)Cc2nc(-c3ncc(-c4cc(F)cc(-c5cccnc5)c4)s3)ccc2C(C=O)C1. The number of nitrogens with zero attached hydrogens (tertiary/aromatic N) is 3. The van der Waals surface area contributed by atoms with Gasteiger partial charge in [-0.2, -0.15) is 0 Å². The minimum absolute atomic E-state index is 0.0303. The third-order valence-corrected chi connectivity index (χ3v) is 6.96. The van der Waals surface area contributed by atoms with E-state index in [1.165, 1.54) is 23.5 Å². The van der Waals surface area contributed by atoms with Crippen molar-refractivity contribution in [1.82, 2.24) is 15.0 Å². The first-order valence-corrected chi connectivity index (χ1v) is 11.4. The van der Waals surface area contributed by atoms with Gasteiger partial charge in [0.25, 0.3) is 0 Å². The van der Waals surface area contributed by atoms with E-state index in [9.17, 15) is 9.18 Å². The van der Waals surface area contributed by atoms with E-state index in [-0.39, 0.29) is 17.2 Å². The molecule has 0 aliphatic heterocycles. The molecule has 4 aromatic rings. The fourth-order valence-electron chi connectivity index (χ4n) is 4.42. The summed E-state index contributed by atoms with van der Waals surface area (Å²) in [7, 11) is 0. The van der Waals surface area contributed by atoms with Gasteiger partial charge in [0.05, 0.1) is 10.6 Å². The Bertz CT molecular complexity index is 1300. The molecule has 0 radical (unpaired) electrons. The van der Waals surface area contributed by atoms with Crippen LogP contribution >= 0.6 is 11.3 Å². The quantitative estimate of drug-likeness (QED) is 0.346. The lowest BCUT2D eigenvalue weighted by Gasteiger charge is -2.34. The molecule has 3 aromatic heterocycles. The van der Waals surface area contributed by atoms with Gasteiger partial charge >= 0.3 is 0 Å². The zero-order chi connectivity index (χ0) is 22.3. The van der Waals surface area contributed by atoms with Gasteiger partial charge in [0.2, 0.25) is 0 Å². The van der Waals surface area contributed by atoms with Crippen molar-refractivity contribution in [3.63, 3.8) is 0 Å². The van der Waals surface area contributed by atoms with Crippen molar-refractivity contribution in [3.05, 3.63) is 78.1 Å². The highest BCUT2D eigenvalue weighted by molar-refractivity contribution is 7.18. The van der Waals surface area contributed by atoms with E-state index in [0.29, 0.717) is 0 Å². The van der Waals surface area contributed by atoms with Gasteiger partial charge in [-0.05, 0) is 65.3 Å². The van der Waals surface area contributed by atoms with E-state index >= 15 is 0 Å². The summed E-state index contributed by atoms with van der Waals surface area (Å²) < 4.78 is 14.4. The van der Waals surface area contributed by atoms with Crippen molar-refractivity contribution < 1.29 is 9.18 Å². The van der Waals surface area contributed by atoms with E-state index < -0.39 is 0 Å². The lowest BCUT2D eigenvalue weighted by atomic mass is 9.71. The summed E-state index contributed by atoms with van der Waals surface area (Å²) >= 11 is 1.48. The van der Waals surface area contributed by atoms with Crippen LogP contribution in [0.5, 0.6) is 0 Å². The Kier molecular flexibility index (Phi) is 5.18. The monoisotopic (exact) mass is 443 g/mol. The number of halogens is 1. The summed E-state index contributed by atoms with van der Waals surface area (Å²) in [5.41, 5.74) is 5.21. The zero-order valence-electron chi connectivity index (χ0n) is 17.9. The van der Waals surface area contributed by atoms with Crippen LogP contribution in [-0.2, 0) is 11.2 Å². The number of carbonyl (C=O) groups excluding carboxylic acids is 1. The fourth-order valence-corrected chi connectivity index (χ4v) is 5.29. The van der Waals surface area contributed by atoms with Crippen molar-refractivity contribution in [2.45, 2.75) is 32.6 Å². The smallest absolute Gasteiger partial charge is 0.142 e. The van der Waals surface area contributed by atoms with Crippen LogP contribution in [0, 0.1) is 11.2 Å². The van der Waals surface area contributed by atoms with Crippen LogP contribution in [0.1, 0.15) is 37.4 Å². The molecule has 1 aliphatic rings. The molecule has 5 rings (SSSR count). The topological polar surface area (TPSA) is 55.7 Å². The third kappa shape index (κ3) is 3.98. The highest BCUT2D eigenvalue weighted by atomic mass is 32.1. The molecule has 1 aromatic carbocycles. The van der Waals surface area contributed by atoms with Crippen molar-refractivity contribution >= 4 is 17.6 Å². The number of rotatable bonds is 4. The van der Waals surface area contributed by atoms with Gasteiger partial charge in [-0.1, -0.05) is 26.0 Å². The minimum atomic E-state index is -0.301. The average molecular weight is 444 g/mol. The van der Waals surface area contributed by atoms with E-state index in [4.69, 9.17) is 4.98 Å². The van der Waals surface area contributed by atoms with E-state index in [0.717, 1.165) is 62.7 Å². The summed E-state index contributed by atoms with van der Waals surface area (Å²) in [6.07, 6.45) is 7.89. The van der Waals surface area contributed by atoms with Gasteiger partial charge in [0.1, 0.15) is 17.1 Å². The van der Waals surface area contributed by atoms with Crippen LogP contribution in [0.3, 0.4) is 0 Å². The largest absolute Gasteiger partial charge is 0.303 e. The Labute approximate surface area is 190 Å². The van der Waals surface area contributed by atoms with Gasteiger partial charge in [0.15, 0.2) is 0 Å². The summed E-state index contributed by atoms with van der Waals surface area (Å²) in [5.74, 6) is -0.411. The molecule has 1 unspecified atom stereocenters. The molecule has 6 heteroatoms. The fraction of sp³-hybridized carbons (Fsp3) is 0.231. The van der Waals surface area contributed by atoms with Gasteiger partial charge < -0.3 is 4.79 Å². The van der Waals surface area contributed by atoms with Crippen molar-refractivity contribution in [2.75, 3.05) is 0 Å². The molecule has 0 amide bonds. The maximum atomic E-state index is 14.4. The molecular formula is C26H22FN3OS. The number of fused-ring (bicyclic) bond motifs is 1. The second kappa shape index (κ2) is 8.02. The molecule has 0 bridgehead atoms. The Morgan fingerprint density at radius 2 is 1.94 bits per heavy atom. The number of aromatic nitrogens is 3. The van der Waals surface area contributed by atoms with Crippen molar-refractivity contribution in [3.8, 4) is 32.3 Å². The maximum Gasteiger partial charge on any atom is 0.142 e. The molecule has 0 spiro atoms. The second-order valence-corrected chi connectivity index (χ2v) is 10.1. The van der Waals surface area contributed by atoms with Crippen LogP contribution < -0.4 is 0 Å². The lowest BCUT2D eigenvalue weighted by molar-refractivity contribution is -0.109. The van der Waals surface area contributed by atoms with Crippen LogP contribution in [0.25, 0.3) is 32.3 Å². The molecule has 0 saturated heterocycles. The summed E-state index contributed by atoms with van der Waals surface area (Å²) in [4.78, 5) is 26.1. The van der Waals surface area contributed by atoms with Crippen LogP contribution in [0.2, 0.25) is 0 Å². The highest BCUT2D eigenvalue weighted by Gasteiger charge is 2.33. The van der Waals surface area contributed by atoms with Crippen LogP contribution in [0.15, 0.2) is 61.1 Å². The zero-order valence-corrected chi connectivity index (χ0v) is 18.7. The van der Waals surface area contributed by atoms with Crippen LogP contribution in [-0.4, -0.2) is 21.2 Å². The summed E-state index contributed by atoms with van der Waals surface area (Å²) in [6, 6.07) is 12.7. The summed E-state index contributed by atoms with van der Waals surface area (Å²) in [6.45, 7) is 4.35. The minimum Gasteiger partial charge on any atom is -0.303 e. The molecule has 0 saturated carbocycles.